The molecule has 1 N–H and O–H groups in total. The molecule has 2 aromatic rings. The van der Waals surface area contributed by atoms with Crippen molar-refractivity contribution in [1.82, 2.24) is 15.0 Å². The Morgan fingerprint density at radius 2 is 1.59 bits per heavy atom. The lowest BCUT2D eigenvalue weighted by molar-refractivity contribution is 0.175. The molecular formula is C13H15N3O. The van der Waals surface area contributed by atoms with Gasteiger partial charge >= 0.3 is 0 Å². The van der Waals surface area contributed by atoms with E-state index in [2.05, 4.69) is 15.0 Å². The molecule has 0 fully saturated rings. The Bertz CT molecular complexity index is 479. The van der Waals surface area contributed by atoms with Crippen LogP contribution in [-0.4, -0.2) is 20.1 Å². The summed E-state index contributed by atoms with van der Waals surface area (Å²) in [5.74, 6) is 2.01. The Hall–Kier alpha value is -1.81. The van der Waals surface area contributed by atoms with Crippen LogP contribution in [0.3, 0.4) is 0 Å². The largest absolute Gasteiger partial charge is 0.388 e. The first-order valence-electron chi connectivity index (χ1n) is 5.56. The first-order valence-corrected chi connectivity index (χ1v) is 5.56. The summed E-state index contributed by atoms with van der Waals surface area (Å²) in [6, 6.07) is 9.52. The average Bonchev–Trinajstić information content (AvgIpc) is 2.28. The van der Waals surface area contributed by atoms with E-state index in [-0.39, 0.29) is 0 Å². The molecule has 0 radical (unpaired) electrons. The molecular weight excluding hydrogens is 214 g/mol. The van der Waals surface area contributed by atoms with Gasteiger partial charge in [0.05, 0.1) is 6.10 Å². The average molecular weight is 229 g/mol. The van der Waals surface area contributed by atoms with Crippen molar-refractivity contribution in [3.63, 3.8) is 0 Å². The second-order valence-corrected chi connectivity index (χ2v) is 3.98. The van der Waals surface area contributed by atoms with Gasteiger partial charge in [0.25, 0.3) is 0 Å². The number of aliphatic hydroxyl groups is 1. The van der Waals surface area contributed by atoms with Crippen LogP contribution in [0.5, 0.6) is 0 Å². The Morgan fingerprint density at radius 1 is 1.00 bits per heavy atom. The maximum Gasteiger partial charge on any atom is 0.135 e. The molecule has 4 nitrogen and oxygen atoms in total. The quantitative estimate of drug-likeness (QED) is 0.871. The van der Waals surface area contributed by atoms with Crippen LogP contribution in [0.1, 0.15) is 29.1 Å². The number of rotatable bonds is 3. The molecule has 1 aromatic carbocycles. The van der Waals surface area contributed by atoms with E-state index < -0.39 is 6.10 Å². The minimum Gasteiger partial charge on any atom is -0.388 e. The third kappa shape index (κ3) is 3.07. The van der Waals surface area contributed by atoms with Crippen LogP contribution in [0.2, 0.25) is 0 Å². The Morgan fingerprint density at radius 3 is 2.18 bits per heavy atom. The highest BCUT2D eigenvalue weighted by Crippen LogP contribution is 2.15. The van der Waals surface area contributed by atoms with Crippen LogP contribution >= 0.6 is 0 Å². The molecule has 0 saturated carbocycles. The maximum absolute atomic E-state index is 10.1. The predicted molar refractivity (Wildman–Crippen MR) is 64.4 cm³/mol. The molecule has 1 unspecified atom stereocenters. The highest BCUT2D eigenvalue weighted by molar-refractivity contribution is 5.18. The second kappa shape index (κ2) is 5.01. The summed E-state index contributed by atoms with van der Waals surface area (Å²) in [5, 5.41) is 10.1. The number of hydrogen-bond donors (Lipinski definition) is 1. The second-order valence-electron chi connectivity index (χ2n) is 3.98. The van der Waals surface area contributed by atoms with Crippen molar-refractivity contribution in [3.8, 4) is 0 Å². The van der Waals surface area contributed by atoms with E-state index in [1.165, 1.54) is 0 Å². The third-order valence-electron chi connectivity index (χ3n) is 2.47. The van der Waals surface area contributed by atoms with Crippen molar-refractivity contribution in [2.45, 2.75) is 26.4 Å². The molecule has 0 amide bonds. The van der Waals surface area contributed by atoms with E-state index in [4.69, 9.17) is 0 Å². The molecule has 17 heavy (non-hydrogen) atoms. The van der Waals surface area contributed by atoms with Crippen LogP contribution in [0.4, 0.5) is 0 Å². The number of hydrogen-bond acceptors (Lipinski definition) is 4. The molecule has 1 heterocycles. The standard InChI is InChI=1S/C13H15N3O/c1-9-14-10(2)16-13(15-9)8-12(17)11-6-4-3-5-7-11/h3-7,12,17H,8H2,1-2H3. The molecule has 0 bridgehead atoms. The molecule has 0 aliphatic heterocycles. The first kappa shape index (κ1) is 11.7. The number of aryl methyl sites for hydroxylation is 2. The number of aliphatic hydroxyl groups excluding tert-OH is 1. The number of benzene rings is 1. The van der Waals surface area contributed by atoms with Crippen molar-refractivity contribution in [3.05, 3.63) is 53.4 Å². The van der Waals surface area contributed by atoms with Crippen LogP contribution in [0.25, 0.3) is 0 Å². The fraction of sp³-hybridized carbons (Fsp3) is 0.308. The van der Waals surface area contributed by atoms with Crippen LogP contribution in [-0.2, 0) is 6.42 Å². The molecule has 0 saturated heterocycles. The minimum absolute atomic E-state index is 0.411. The topological polar surface area (TPSA) is 58.9 Å². The van der Waals surface area contributed by atoms with Crippen LogP contribution in [0, 0.1) is 13.8 Å². The first-order chi connectivity index (χ1) is 8.15. The highest BCUT2D eigenvalue weighted by Gasteiger charge is 2.10. The van der Waals surface area contributed by atoms with Crippen molar-refractivity contribution in [2.75, 3.05) is 0 Å². The fourth-order valence-corrected chi connectivity index (χ4v) is 1.74. The maximum atomic E-state index is 10.1. The summed E-state index contributed by atoms with van der Waals surface area (Å²) in [4.78, 5) is 12.5. The number of aromatic nitrogens is 3. The van der Waals surface area contributed by atoms with Crippen LogP contribution in [0.15, 0.2) is 30.3 Å². The van der Waals surface area contributed by atoms with E-state index >= 15 is 0 Å². The molecule has 1 aromatic heterocycles. The van der Waals surface area contributed by atoms with Crippen LogP contribution < -0.4 is 0 Å². The normalized spacial score (nSPS) is 12.4. The Kier molecular flexibility index (Phi) is 3.44. The van der Waals surface area contributed by atoms with Crippen molar-refractivity contribution < 1.29 is 5.11 Å². The zero-order chi connectivity index (χ0) is 12.3. The molecule has 0 spiro atoms. The van der Waals surface area contributed by atoms with Gasteiger partial charge in [-0.1, -0.05) is 30.3 Å². The van der Waals surface area contributed by atoms with Crippen molar-refractivity contribution >= 4 is 0 Å². The summed E-state index contributed by atoms with van der Waals surface area (Å²) in [5.41, 5.74) is 0.878. The summed E-state index contributed by atoms with van der Waals surface area (Å²) < 4.78 is 0. The number of nitrogens with zero attached hydrogens (tertiary/aromatic N) is 3. The lowest BCUT2D eigenvalue weighted by atomic mass is 10.1. The molecule has 0 aliphatic carbocycles. The van der Waals surface area contributed by atoms with Crippen molar-refractivity contribution in [1.29, 1.82) is 0 Å². The summed E-state index contributed by atoms with van der Waals surface area (Å²) in [6.45, 7) is 3.65. The van der Waals surface area contributed by atoms with Gasteiger partial charge in [0.2, 0.25) is 0 Å². The predicted octanol–water partition coefficient (Wildman–Crippen LogP) is 1.76. The van der Waals surface area contributed by atoms with Gasteiger partial charge in [0, 0.05) is 6.42 Å². The van der Waals surface area contributed by atoms with Gasteiger partial charge in [-0.2, -0.15) is 0 Å². The zero-order valence-electron chi connectivity index (χ0n) is 9.96. The SMILES string of the molecule is Cc1nc(C)nc(CC(O)c2ccccc2)n1. The van der Waals surface area contributed by atoms with Gasteiger partial charge < -0.3 is 5.11 Å². The Balaban J connectivity index is 2.16. The minimum atomic E-state index is -0.572. The van der Waals surface area contributed by atoms with Gasteiger partial charge in [-0.05, 0) is 19.4 Å². The lowest BCUT2D eigenvalue weighted by Crippen LogP contribution is -2.08. The van der Waals surface area contributed by atoms with E-state index in [0.717, 1.165) is 5.56 Å². The summed E-state index contributed by atoms with van der Waals surface area (Å²) in [6.07, 6.45) is -0.161. The monoisotopic (exact) mass is 229 g/mol. The summed E-state index contributed by atoms with van der Waals surface area (Å²) >= 11 is 0. The van der Waals surface area contributed by atoms with E-state index in [1.54, 1.807) is 0 Å². The lowest BCUT2D eigenvalue weighted by Gasteiger charge is -2.10. The Labute approximate surface area is 100 Å². The fourth-order valence-electron chi connectivity index (χ4n) is 1.74. The van der Waals surface area contributed by atoms with Gasteiger partial charge in [0.1, 0.15) is 17.5 Å². The van der Waals surface area contributed by atoms with Gasteiger partial charge in [-0.3, -0.25) is 0 Å². The zero-order valence-corrected chi connectivity index (χ0v) is 9.96. The molecule has 2 rings (SSSR count). The summed E-state index contributed by atoms with van der Waals surface area (Å²) in [7, 11) is 0. The van der Waals surface area contributed by atoms with E-state index in [0.29, 0.717) is 23.9 Å². The molecule has 1 atom stereocenters. The molecule has 0 aliphatic rings. The van der Waals surface area contributed by atoms with E-state index in [1.807, 2.05) is 44.2 Å². The third-order valence-corrected chi connectivity index (χ3v) is 2.47. The van der Waals surface area contributed by atoms with Gasteiger partial charge in [-0.25, -0.2) is 15.0 Å². The van der Waals surface area contributed by atoms with Gasteiger partial charge in [0.15, 0.2) is 0 Å². The van der Waals surface area contributed by atoms with E-state index in [9.17, 15) is 5.11 Å². The van der Waals surface area contributed by atoms with Gasteiger partial charge in [-0.15, -0.1) is 0 Å². The highest BCUT2D eigenvalue weighted by atomic mass is 16.3. The van der Waals surface area contributed by atoms with Crippen molar-refractivity contribution in [2.24, 2.45) is 0 Å². The smallest absolute Gasteiger partial charge is 0.135 e. The molecule has 4 heteroatoms. The molecule has 88 valence electrons.